The van der Waals surface area contributed by atoms with Crippen LogP contribution in [0.3, 0.4) is 0 Å². The molecular formula is C11H25Cl3N2O. The lowest BCUT2D eigenvalue weighted by molar-refractivity contribution is 0.425. The van der Waals surface area contributed by atoms with Gasteiger partial charge < -0.3 is 16.2 Å². The molecule has 106 valence electrons. The number of epoxide rings is 1. The molecule has 4 N–H and O–H groups in total. The fraction of sp³-hybridized carbons (Fsp3) is 1.00. The van der Waals surface area contributed by atoms with Gasteiger partial charge in [-0.1, -0.05) is 12.8 Å². The first-order chi connectivity index (χ1) is 8.26. The first-order valence-electron chi connectivity index (χ1n) is 5.96. The topological polar surface area (TPSA) is 64.6 Å². The molecule has 1 heterocycles. The Bertz CT molecular complexity index is 119. The molecule has 0 aromatic heterocycles. The van der Waals surface area contributed by atoms with Gasteiger partial charge in [-0.15, -0.1) is 34.8 Å². The highest BCUT2D eigenvalue weighted by Gasteiger charge is 2.19. The molecule has 1 aliphatic heterocycles. The lowest BCUT2D eigenvalue weighted by Gasteiger charge is -1.94. The molecule has 1 unspecified atom stereocenters. The van der Waals surface area contributed by atoms with Gasteiger partial charge in [-0.05, 0) is 25.9 Å². The summed E-state index contributed by atoms with van der Waals surface area (Å²) >= 11 is 15.4. The van der Waals surface area contributed by atoms with Gasteiger partial charge in [0.2, 0.25) is 0 Å². The molecule has 0 aromatic carbocycles. The molecule has 1 atom stereocenters. The summed E-state index contributed by atoms with van der Waals surface area (Å²) < 4.78 is 4.73. The molecule has 0 bridgehead atoms. The van der Waals surface area contributed by atoms with Crippen LogP contribution in [0.4, 0.5) is 0 Å². The van der Waals surface area contributed by atoms with Crippen LogP contribution in [-0.4, -0.2) is 43.4 Å². The van der Waals surface area contributed by atoms with Crippen LogP contribution >= 0.6 is 34.8 Å². The van der Waals surface area contributed by atoms with Crippen LogP contribution < -0.4 is 11.5 Å². The molecule has 0 saturated carbocycles. The maximum Gasteiger partial charge on any atom is 0.0944 e. The molecule has 0 spiro atoms. The van der Waals surface area contributed by atoms with E-state index in [0.29, 0.717) is 23.7 Å². The zero-order valence-electron chi connectivity index (χ0n) is 10.3. The van der Waals surface area contributed by atoms with Gasteiger partial charge in [0.1, 0.15) is 0 Å². The smallest absolute Gasteiger partial charge is 0.0944 e. The van der Waals surface area contributed by atoms with Crippen LogP contribution in [0.25, 0.3) is 0 Å². The summed E-state index contributed by atoms with van der Waals surface area (Å²) in [7, 11) is 0. The second-order valence-corrected chi connectivity index (χ2v) is 4.54. The highest BCUT2D eigenvalue weighted by molar-refractivity contribution is 6.25. The van der Waals surface area contributed by atoms with Crippen molar-refractivity contribution in [2.75, 3.05) is 37.3 Å². The van der Waals surface area contributed by atoms with E-state index in [9.17, 15) is 0 Å². The van der Waals surface area contributed by atoms with Crippen molar-refractivity contribution < 1.29 is 4.74 Å². The largest absolute Gasteiger partial charge is 0.372 e. The lowest BCUT2D eigenvalue weighted by Crippen LogP contribution is -2.00. The Kier molecular flexibility index (Phi) is 22.6. The molecule has 1 saturated heterocycles. The van der Waals surface area contributed by atoms with Gasteiger partial charge in [-0.25, -0.2) is 0 Å². The second-order valence-electron chi connectivity index (χ2n) is 3.48. The fourth-order valence-electron chi connectivity index (χ4n) is 0.799. The summed E-state index contributed by atoms with van der Waals surface area (Å²) in [6.45, 7) is 2.53. The summed E-state index contributed by atoms with van der Waals surface area (Å²) in [5, 5.41) is 0. The fourth-order valence-corrected chi connectivity index (χ4v) is 0.978. The minimum atomic E-state index is 0.400. The maximum atomic E-state index is 5.28. The van der Waals surface area contributed by atoms with Gasteiger partial charge in [0.15, 0.2) is 0 Å². The van der Waals surface area contributed by atoms with Crippen molar-refractivity contribution in [1.82, 2.24) is 0 Å². The highest BCUT2D eigenvalue weighted by Crippen LogP contribution is 2.08. The molecule has 0 amide bonds. The Morgan fingerprint density at radius 2 is 1.29 bits per heavy atom. The van der Waals surface area contributed by atoms with Crippen molar-refractivity contribution in [1.29, 1.82) is 0 Å². The molecule has 1 aliphatic rings. The number of ether oxygens (including phenoxy) is 1. The third-order valence-corrected chi connectivity index (χ3v) is 2.72. The van der Waals surface area contributed by atoms with E-state index in [2.05, 4.69) is 0 Å². The van der Waals surface area contributed by atoms with E-state index >= 15 is 0 Å². The van der Waals surface area contributed by atoms with Crippen molar-refractivity contribution in [2.24, 2.45) is 11.5 Å². The van der Waals surface area contributed by atoms with Crippen LogP contribution in [0.5, 0.6) is 0 Å². The average Bonchev–Trinajstić information content (AvgIpc) is 3.20. The van der Waals surface area contributed by atoms with Gasteiger partial charge >= 0.3 is 0 Å². The van der Waals surface area contributed by atoms with Gasteiger partial charge in [0.25, 0.3) is 0 Å². The number of hydrogen-bond donors (Lipinski definition) is 2. The number of unbranched alkanes of at least 4 members (excludes halogenated alkanes) is 3. The first-order valence-corrected chi connectivity index (χ1v) is 7.56. The minimum absolute atomic E-state index is 0.400. The Morgan fingerprint density at radius 1 is 0.882 bits per heavy atom. The third kappa shape index (κ3) is 26.4. The van der Waals surface area contributed by atoms with Crippen LogP contribution in [-0.2, 0) is 4.74 Å². The average molecular weight is 308 g/mol. The Morgan fingerprint density at radius 3 is 1.41 bits per heavy atom. The molecular weight excluding hydrogens is 282 g/mol. The zero-order valence-corrected chi connectivity index (χ0v) is 12.6. The Hall–Kier alpha value is 0.750. The van der Waals surface area contributed by atoms with Crippen molar-refractivity contribution in [3.63, 3.8) is 0 Å². The molecule has 0 radical (unpaired) electrons. The van der Waals surface area contributed by atoms with Crippen LogP contribution in [0, 0.1) is 0 Å². The molecule has 0 aliphatic carbocycles. The van der Waals surface area contributed by atoms with E-state index in [1.165, 1.54) is 12.8 Å². The molecule has 17 heavy (non-hydrogen) atoms. The zero-order chi connectivity index (χ0) is 13.4. The summed E-state index contributed by atoms with van der Waals surface area (Å²) in [5.41, 5.74) is 10.6. The van der Waals surface area contributed by atoms with Crippen molar-refractivity contribution >= 4 is 34.8 Å². The second kappa shape index (κ2) is 19.1. The number of alkyl halides is 3. The summed E-state index contributed by atoms with van der Waals surface area (Å²) in [5.74, 6) is 1.78. The minimum Gasteiger partial charge on any atom is -0.372 e. The Labute approximate surface area is 120 Å². The third-order valence-electron chi connectivity index (χ3n) is 1.80. The predicted molar refractivity (Wildman–Crippen MR) is 78.5 cm³/mol. The normalized spacial score (nSPS) is 16.4. The summed E-state index contributed by atoms with van der Waals surface area (Å²) in [6.07, 6.45) is 5.19. The highest BCUT2D eigenvalue weighted by atomic mass is 35.5. The molecule has 1 fully saturated rings. The maximum absolute atomic E-state index is 5.28. The van der Waals surface area contributed by atoms with Crippen LogP contribution in [0.2, 0.25) is 0 Å². The van der Waals surface area contributed by atoms with Gasteiger partial charge in [-0.2, -0.15) is 0 Å². The monoisotopic (exact) mass is 306 g/mol. The number of rotatable bonds is 7. The molecule has 1 rings (SSSR count). The van der Waals surface area contributed by atoms with E-state index in [1.807, 2.05) is 0 Å². The van der Waals surface area contributed by atoms with E-state index in [0.717, 1.165) is 32.5 Å². The molecule has 3 nitrogen and oxygen atoms in total. The summed E-state index contributed by atoms with van der Waals surface area (Å²) in [6, 6.07) is 0. The number of nitrogens with two attached hydrogens (primary N) is 2. The van der Waals surface area contributed by atoms with Gasteiger partial charge in [0, 0.05) is 11.8 Å². The van der Waals surface area contributed by atoms with E-state index < -0.39 is 0 Å². The van der Waals surface area contributed by atoms with E-state index in [-0.39, 0.29) is 0 Å². The lowest BCUT2D eigenvalue weighted by atomic mass is 10.2. The summed E-state index contributed by atoms with van der Waals surface area (Å²) in [4.78, 5) is 0. The van der Waals surface area contributed by atoms with E-state index in [1.54, 1.807) is 0 Å². The van der Waals surface area contributed by atoms with Gasteiger partial charge in [-0.3, -0.25) is 0 Å². The predicted octanol–water partition coefficient (Wildman–Crippen LogP) is 2.55. The van der Waals surface area contributed by atoms with Crippen molar-refractivity contribution in [2.45, 2.75) is 31.8 Å². The standard InChI is InChI=1S/C6H16N2.C3H5ClO.C2H4Cl2/c7-5-3-1-2-4-6-8;4-1-3-2-5-3;3-1-2-4/h1-8H2;3H,1-2H2;1-2H2. The Balaban J connectivity index is 0. The van der Waals surface area contributed by atoms with Crippen molar-refractivity contribution in [3.05, 3.63) is 0 Å². The quantitative estimate of drug-likeness (QED) is 0.431. The van der Waals surface area contributed by atoms with Crippen LogP contribution in [0.1, 0.15) is 25.7 Å². The van der Waals surface area contributed by atoms with E-state index in [4.69, 9.17) is 51.0 Å². The SMILES string of the molecule is ClCC1CO1.ClCCCl.NCCCCCCN. The molecule has 0 aromatic rings. The van der Waals surface area contributed by atoms with Crippen molar-refractivity contribution in [3.8, 4) is 0 Å². The first kappa shape index (κ1) is 20.1. The number of halogens is 3. The van der Waals surface area contributed by atoms with Gasteiger partial charge in [0.05, 0.1) is 18.6 Å². The van der Waals surface area contributed by atoms with Crippen LogP contribution in [0.15, 0.2) is 0 Å². The molecule has 6 heteroatoms. The number of hydrogen-bond acceptors (Lipinski definition) is 3.